The fourth-order valence-electron chi connectivity index (χ4n) is 1.95. The minimum atomic E-state index is -3.02. The van der Waals surface area contributed by atoms with E-state index in [-0.39, 0.29) is 17.7 Å². The van der Waals surface area contributed by atoms with Gasteiger partial charge in [-0.3, -0.25) is 4.79 Å². The van der Waals surface area contributed by atoms with Gasteiger partial charge in [0.1, 0.15) is 15.5 Å². The van der Waals surface area contributed by atoms with Gasteiger partial charge in [-0.2, -0.15) is 0 Å². The summed E-state index contributed by atoms with van der Waals surface area (Å²) in [4.78, 5) is 16.4. The molecule has 2 aromatic rings. The molecule has 0 aliphatic rings. The zero-order valence-electron chi connectivity index (χ0n) is 12.0. The summed E-state index contributed by atoms with van der Waals surface area (Å²) >= 11 is 0. The van der Waals surface area contributed by atoms with Gasteiger partial charge in [-0.05, 0) is 25.5 Å². The Kier molecular flexibility index (Phi) is 4.57. The molecule has 1 atom stereocenters. The first-order valence-corrected chi connectivity index (χ1v) is 8.75. The molecular formula is C15H18N2O3S. The van der Waals surface area contributed by atoms with Gasteiger partial charge in [-0.25, -0.2) is 13.4 Å². The Morgan fingerprint density at radius 3 is 2.67 bits per heavy atom. The lowest BCUT2D eigenvalue weighted by Crippen LogP contribution is -2.34. The van der Waals surface area contributed by atoms with Crippen LogP contribution < -0.4 is 5.32 Å². The van der Waals surface area contributed by atoms with Crippen molar-refractivity contribution in [1.29, 1.82) is 0 Å². The van der Waals surface area contributed by atoms with E-state index in [9.17, 15) is 13.2 Å². The molecular weight excluding hydrogens is 288 g/mol. The normalized spacial score (nSPS) is 13.0. The summed E-state index contributed by atoms with van der Waals surface area (Å²) in [5.41, 5.74) is 1.09. The summed E-state index contributed by atoms with van der Waals surface area (Å²) in [6, 6.07) is 10.8. The highest BCUT2D eigenvalue weighted by molar-refractivity contribution is 7.90. The van der Waals surface area contributed by atoms with Crippen LogP contribution in [0.25, 0.3) is 10.9 Å². The molecule has 0 aliphatic heterocycles. The van der Waals surface area contributed by atoms with Crippen LogP contribution in [-0.2, 0) is 9.84 Å². The Morgan fingerprint density at radius 1 is 1.24 bits per heavy atom. The number of sulfone groups is 1. The molecule has 0 unspecified atom stereocenters. The third-order valence-corrected chi connectivity index (χ3v) is 4.11. The van der Waals surface area contributed by atoms with Gasteiger partial charge in [0, 0.05) is 17.7 Å². The summed E-state index contributed by atoms with van der Waals surface area (Å²) in [6.45, 7) is 1.78. The molecule has 2 rings (SSSR count). The number of nitrogens with zero attached hydrogens (tertiary/aromatic N) is 1. The highest BCUT2D eigenvalue weighted by Gasteiger charge is 2.13. The molecule has 1 heterocycles. The van der Waals surface area contributed by atoms with E-state index in [1.165, 1.54) is 6.26 Å². The molecule has 0 aliphatic carbocycles. The van der Waals surface area contributed by atoms with Gasteiger partial charge in [-0.1, -0.05) is 24.3 Å². The lowest BCUT2D eigenvalue weighted by Gasteiger charge is -2.13. The van der Waals surface area contributed by atoms with Gasteiger partial charge in [0.25, 0.3) is 5.91 Å². The van der Waals surface area contributed by atoms with Gasteiger partial charge in [0.2, 0.25) is 0 Å². The minimum Gasteiger partial charge on any atom is -0.348 e. The summed E-state index contributed by atoms with van der Waals surface area (Å²) in [5.74, 6) is -0.235. The molecule has 1 amide bonds. The van der Waals surface area contributed by atoms with Crippen LogP contribution >= 0.6 is 0 Å². The van der Waals surface area contributed by atoms with E-state index in [0.29, 0.717) is 12.1 Å². The predicted molar refractivity (Wildman–Crippen MR) is 83.0 cm³/mol. The van der Waals surface area contributed by atoms with Gasteiger partial charge in [0.05, 0.1) is 11.3 Å². The topological polar surface area (TPSA) is 76.1 Å². The van der Waals surface area contributed by atoms with Crippen LogP contribution in [0.15, 0.2) is 36.4 Å². The Balaban J connectivity index is 2.04. The Labute approximate surface area is 124 Å². The van der Waals surface area contributed by atoms with Crippen molar-refractivity contribution in [1.82, 2.24) is 10.3 Å². The molecule has 0 bridgehead atoms. The molecule has 1 N–H and O–H groups in total. The molecule has 1 aromatic heterocycles. The van der Waals surface area contributed by atoms with E-state index in [2.05, 4.69) is 10.3 Å². The Hall–Kier alpha value is -1.95. The number of para-hydroxylation sites is 1. The number of benzene rings is 1. The minimum absolute atomic E-state index is 0.0552. The SMILES string of the molecule is C[C@H](CCS(C)(=O)=O)NC(=O)c1ccc2ccccc2n1. The van der Waals surface area contributed by atoms with E-state index in [1.54, 1.807) is 13.0 Å². The zero-order chi connectivity index (χ0) is 15.5. The summed E-state index contributed by atoms with van der Waals surface area (Å²) in [6.07, 6.45) is 1.57. The fraction of sp³-hybridized carbons (Fsp3) is 0.333. The number of fused-ring (bicyclic) bond motifs is 1. The first kappa shape index (κ1) is 15.4. The number of hydrogen-bond donors (Lipinski definition) is 1. The second-order valence-electron chi connectivity index (χ2n) is 5.18. The Morgan fingerprint density at radius 2 is 1.95 bits per heavy atom. The molecule has 0 fully saturated rings. The summed E-state index contributed by atoms with van der Waals surface area (Å²) in [7, 11) is -3.02. The molecule has 112 valence electrons. The molecule has 0 saturated carbocycles. The fourth-order valence-corrected chi connectivity index (χ4v) is 2.73. The van der Waals surface area contributed by atoms with Gasteiger partial charge in [0.15, 0.2) is 0 Å². The molecule has 1 aromatic carbocycles. The van der Waals surface area contributed by atoms with E-state index >= 15 is 0 Å². The van der Waals surface area contributed by atoms with Crippen LogP contribution in [0.2, 0.25) is 0 Å². The number of hydrogen-bond acceptors (Lipinski definition) is 4. The van der Waals surface area contributed by atoms with Crippen LogP contribution in [0.5, 0.6) is 0 Å². The van der Waals surface area contributed by atoms with Crippen LogP contribution in [0, 0.1) is 0 Å². The van der Waals surface area contributed by atoms with Crippen molar-refractivity contribution >= 4 is 26.6 Å². The first-order chi connectivity index (χ1) is 9.85. The molecule has 21 heavy (non-hydrogen) atoms. The average molecular weight is 306 g/mol. The molecule has 0 saturated heterocycles. The quantitative estimate of drug-likeness (QED) is 0.913. The van der Waals surface area contributed by atoms with E-state index in [1.807, 2.05) is 30.3 Å². The van der Waals surface area contributed by atoms with Crippen molar-refractivity contribution in [3.8, 4) is 0 Å². The summed E-state index contributed by atoms with van der Waals surface area (Å²) < 4.78 is 22.2. The molecule has 6 heteroatoms. The number of nitrogens with one attached hydrogen (secondary N) is 1. The van der Waals surface area contributed by atoms with Crippen molar-refractivity contribution in [3.05, 3.63) is 42.1 Å². The highest BCUT2D eigenvalue weighted by Crippen LogP contribution is 2.11. The maximum Gasteiger partial charge on any atom is 0.270 e. The molecule has 5 nitrogen and oxygen atoms in total. The lowest BCUT2D eigenvalue weighted by molar-refractivity contribution is 0.0934. The number of rotatable bonds is 5. The third-order valence-electron chi connectivity index (χ3n) is 3.13. The molecule has 0 radical (unpaired) electrons. The second kappa shape index (κ2) is 6.22. The number of carbonyl (C=O) groups is 1. The van der Waals surface area contributed by atoms with Gasteiger partial charge < -0.3 is 5.32 Å². The van der Waals surface area contributed by atoms with Gasteiger partial charge in [-0.15, -0.1) is 0 Å². The smallest absolute Gasteiger partial charge is 0.270 e. The second-order valence-corrected chi connectivity index (χ2v) is 7.44. The van der Waals surface area contributed by atoms with Crippen molar-refractivity contribution in [2.24, 2.45) is 0 Å². The predicted octanol–water partition coefficient (Wildman–Crippen LogP) is 1.79. The highest BCUT2D eigenvalue weighted by atomic mass is 32.2. The zero-order valence-corrected chi connectivity index (χ0v) is 12.9. The molecule has 0 spiro atoms. The van der Waals surface area contributed by atoms with Crippen LogP contribution in [0.3, 0.4) is 0 Å². The monoisotopic (exact) mass is 306 g/mol. The van der Waals surface area contributed by atoms with Crippen molar-refractivity contribution in [3.63, 3.8) is 0 Å². The largest absolute Gasteiger partial charge is 0.348 e. The number of amides is 1. The van der Waals surface area contributed by atoms with E-state index in [4.69, 9.17) is 0 Å². The summed E-state index contributed by atoms with van der Waals surface area (Å²) in [5, 5.41) is 3.74. The lowest BCUT2D eigenvalue weighted by atomic mass is 10.2. The third kappa shape index (κ3) is 4.53. The maximum absolute atomic E-state index is 12.1. The number of aromatic nitrogens is 1. The van der Waals surface area contributed by atoms with Crippen molar-refractivity contribution in [2.45, 2.75) is 19.4 Å². The maximum atomic E-state index is 12.1. The average Bonchev–Trinajstić information content (AvgIpc) is 2.44. The van der Waals surface area contributed by atoms with Gasteiger partial charge >= 0.3 is 0 Å². The first-order valence-electron chi connectivity index (χ1n) is 6.69. The van der Waals surface area contributed by atoms with Crippen LogP contribution in [0.4, 0.5) is 0 Å². The van der Waals surface area contributed by atoms with E-state index in [0.717, 1.165) is 10.9 Å². The standard InChI is InChI=1S/C15H18N2O3S/c1-11(9-10-21(2,19)20)16-15(18)14-8-7-12-5-3-4-6-13(12)17-14/h3-8,11H,9-10H2,1-2H3,(H,16,18)/t11-/m1/s1. The van der Waals surface area contributed by atoms with Crippen LogP contribution in [0.1, 0.15) is 23.8 Å². The Bertz CT molecular complexity index is 756. The number of pyridine rings is 1. The number of carbonyl (C=O) groups excluding carboxylic acids is 1. The van der Waals surface area contributed by atoms with Crippen molar-refractivity contribution in [2.75, 3.05) is 12.0 Å². The van der Waals surface area contributed by atoms with E-state index < -0.39 is 9.84 Å². The van der Waals surface area contributed by atoms with Crippen LogP contribution in [-0.4, -0.2) is 37.4 Å². The van der Waals surface area contributed by atoms with Crippen molar-refractivity contribution < 1.29 is 13.2 Å².